The third kappa shape index (κ3) is 4.45. The second-order valence-electron chi connectivity index (χ2n) is 5.18. The summed E-state index contributed by atoms with van der Waals surface area (Å²) in [5.41, 5.74) is 0.924. The second-order valence-corrected chi connectivity index (χ2v) is 7.02. The number of amides is 1. The SMILES string of the molecule is CCCCc1nnc(NC(=O)CCc2nc(-c3ccsc3)no2)s1. The van der Waals surface area contributed by atoms with Crippen LogP contribution in [-0.2, 0) is 17.6 Å². The smallest absolute Gasteiger partial charge is 0.227 e. The highest BCUT2D eigenvalue weighted by atomic mass is 32.1. The summed E-state index contributed by atoms with van der Waals surface area (Å²) in [5.74, 6) is 0.868. The molecule has 0 spiro atoms. The molecule has 0 atom stereocenters. The van der Waals surface area contributed by atoms with Crippen molar-refractivity contribution in [2.24, 2.45) is 0 Å². The van der Waals surface area contributed by atoms with E-state index in [9.17, 15) is 4.79 Å². The number of carbonyl (C=O) groups is 1. The molecule has 1 amide bonds. The van der Waals surface area contributed by atoms with Crippen LogP contribution in [0.3, 0.4) is 0 Å². The Morgan fingerprint density at radius 1 is 1.33 bits per heavy atom. The lowest BCUT2D eigenvalue weighted by atomic mass is 10.3. The van der Waals surface area contributed by atoms with Crippen LogP contribution in [0.2, 0.25) is 0 Å². The van der Waals surface area contributed by atoms with Crippen LogP contribution < -0.4 is 5.32 Å². The third-order valence-electron chi connectivity index (χ3n) is 3.27. The van der Waals surface area contributed by atoms with Gasteiger partial charge in [-0.05, 0) is 17.9 Å². The highest BCUT2D eigenvalue weighted by Crippen LogP contribution is 2.20. The number of aryl methyl sites for hydroxylation is 2. The molecule has 3 rings (SSSR count). The molecule has 0 aliphatic heterocycles. The predicted octanol–water partition coefficient (Wildman–Crippen LogP) is 3.56. The number of nitrogens with one attached hydrogen (secondary N) is 1. The number of thiophene rings is 1. The molecule has 3 heterocycles. The van der Waals surface area contributed by atoms with Gasteiger partial charge in [-0.25, -0.2) is 0 Å². The Labute approximate surface area is 147 Å². The van der Waals surface area contributed by atoms with Gasteiger partial charge >= 0.3 is 0 Å². The summed E-state index contributed by atoms with van der Waals surface area (Å²) in [5, 5.41) is 20.1. The van der Waals surface area contributed by atoms with Gasteiger partial charge in [0.15, 0.2) is 0 Å². The van der Waals surface area contributed by atoms with Crippen molar-refractivity contribution in [2.45, 2.75) is 39.0 Å². The van der Waals surface area contributed by atoms with Crippen LogP contribution in [0.5, 0.6) is 0 Å². The molecule has 24 heavy (non-hydrogen) atoms. The van der Waals surface area contributed by atoms with E-state index in [1.54, 1.807) is 11.3 Å². The van der Waals surface area contributed by atoms with Crippen LogP contribution in [0.1, 0.15) is 37.1 Å². The summed E-state index contributed by atoms with van der Waals surface area (Å²) in [6, 6.07) is 1.93. The largest absolute Gasteiger partial charge is 0.339 e. The van der Waals surface area contributed by atoms with Gasteiger partial charge in [-0.15, -0.1) is 10.2 Å². The minimum atomic E-state index is -0.136. The molecule has 0 aliphatic rings. The minimum Gasteiger partial charge on any atom is -0.339 e. The Balaban J connectivity index is 1.48. The van der Waals surface area contributed by atoms with Crippen LogP contribution in [0.4, 0.5) is 5.13 Å². The molecular formula is C15H17N5O2S2. The Morgan fingerprint density at radius 3 is 3.04 bits per heavy atom. The minimum absolute atomic E-state index is 0.136. The molecule has 0 saturated carbocycles. The maximum atomic E-state index is 12.0. The highest BCUT2D eigenvalue weighted by Gasteiger charge is 2.12. The zero-order valence-electron chi connectivity index (χ0n) is 13.2. The van der Waals surface area contributed by atoms with Crippen molar-refractivity contribution < 1.29 is 9.32 Å². The fourth-order valence-corrected chi connectivity index (χ4v) is 3.43. The van der Waals surface area contributed by atoms with Gasteiger partial charge in [0.1, 0.15) is 5.01 Å². The number of carbonyl (C=O) groups excluding carboxylic acids is 1. The average Bonchev–Trinajstić information content (AvgIpc) is 3.31. The molecule has 0 unspecified atom stereocenters. The fourth-order valence-electron chi connectivity index (χ4n) is 2.00. The van der Waals surface area contributed by atoms with Crippen LogP contribution in [0, 0.1) is 0 Å². The fraction of sp³-hybridized carbons (Fsp3) is 0.400. The Hall–Kier alpha value is -2.13. The molecule has 0 fully saturated rings. The van der Waals surface area contributed by atoms with E-state index in [2.05, 4.69) is 32.6 Å². The molecule has 9 heteroatoms. The summed E-state index contributed by atoms with van der Waals surface area (Å²) in [4.78, 5) is 16.3. The van der Waals surface area contributed by atoms with E-state index in [0.717, 1.165) is 29.8 Å². The van der Waals surface area contributed by atoms with Crippen LogP contribution in [-0.4, -0.2) is 26.2 Å². The Morgan fingerprint density at radius 2 is 2.25 bits per heavy atom. The molecule has 7 nitrogen and oxygen atoms in total. The van der Waals surface area contributed by atoms with E-state index in [0.29, 0.717) is 23.3 Å². The number of anilines is 1. The first-order valence-electron chi connectivity index (χ1n) is 7.72. The lowest BCUT2D eigenvalue weighted by molar-refractivity contribution is -0.116. The Bertz CT molecular complexity index is 782. The van der Waals surface area contributed by atoms with Crippen LogP contribution in [0.15, 0.2) is 21.3 Å². The summed E-state index contributed by atoms with van der Waals surface area (Å²) in [6.45, 7) is 2.13. The molecule has 3 aromatic heterocycles. The number of hydrogen-bond donors (Lipinski definition) is 1. The van der Waals surface area contributed by atoms with Gasteiger partial charge in [-0.2, -0.15) is 16.3 Å². The zero-order valence-corrected chi connectivity index (χ0v) is 14.8. The van der Waals surface area contributed by atoms with Gasteiger partial charge in [-0.3, -0.25) is 4.79 Å². The van der Waals surface area contributed by atoms with Gasteiger partial charge < -0.3 is 9.84 Å². The van der Waals surface area contributed by atoms with E-state index in [4.69, 9.17) is 4.52 Å². The summed E-state index contributed by atoms with van der Waals surface area (Å²) < 4.78 is 5.18. The second kappa shape index (κ2) is 8.11. The molecule has 3 aromatic rings. The van der Waals surface area contributed by atoms with Crippen LogP contribution >= 0.6 is 22.7 Å². The number of rotatable bonds is 8. The van der Waals surface area contributed by atoms with E-state index >= 15 is 0 Å². The van der Waals surface area contributed by atoms with Crippen molar-refractivity contribution in [2.75, 3.05) is 5.32 Å². The number of hydrogen-bond acceptors (Lipinski definition) is 8. The molecule has 1 N–H and O–H groups in total. The molecule has 0 aliphatic carbocycles. The van der Waals surface area contributed by atoms with E-state index < -0.39 is 0 Å². The van der Waals surface area contributed by atoms with Crippen molar-refractivity contribution in [3.63, 3.8) is 0 Å². The first-order valence-corrected chi connectivity index (χ1v) is 9.48. The normalized spacial score (nSPS) is 10.9. The predicted molar refractivity (Wildman–Crippen MR) is 93.1 cm³/mol. The van der Waals surface area contributed by atoms with Gasteiger partial charge in [0.05, 0.1) is 0 Å². The molecule has 0 bridgehead atoms. The van der Waals surface area contributed by atoms with E-state index in [1.165, 1.54) is 11.3 Å². The lowest BCUT2D eigenvalue weighted by Gasteiger charge is -1.98. The standard InChI is InChI=1S/C15H17N5O2S2/c1-2-3-4-13-18-19-15(24-13)16-11(21)5-6-12-17-14(20-22-12)10-7-8-23-9-10/h7-9H,2-6H2,1H3,(H,16,19,21). The van der Waals surface area contributed by atoms with Crippen LogP contribution in [0.25, 0.3) is 11.4 Å². The third-order valence-corrected chi connectivity index (χ3v) is 4.85. The van der Waals surface area contributed by atoms with Crippen molar-refractivity contribution in [1.29, 1.82) is 0 Å². The lowest BCUT2D eigenvalue weighted by Crippen LogP contribution is -2.12. The topological polar surface area (TPSA) is 93.8 Å². The first kappa shape index (κ1) is 16.7. The molecule has 0 saturated heterocycles. The summed E-state index contributed by atoms with van der Waals surface area (Å²) in [7, 11) is 0. The quantitative estimate of drug-likeness (QED) is 0.657. The number of nitrogens with zero attached hydrogens (tertiary/aromatic N) is 4. The number of aromatic nitrogens is 4. The maximum Gasteiger partial charge on any atom is 0.227 e. The van der Waals surface area contributed by atoms with E-state index in [-0.39, 0.29) is 12.3 Å². The number of unbranched alkanes of at least 4 members (excludes halogenated alkanes) is 1. The highest BCUT2D eigenvalue weighted by molar-refractivity contribution is 7.15. The van der Waals surface area contributed by atoms with Gasteiger partial charge in [0.2, 0.25) is 22.8 Å². The average molecular weight is 363 g/mol. The molecule has 126 valence electrons. The van der Waals surface area contributed by atoms with Gasteiger partial charge in [0.25, 0.3) is 0 Å². The van der Waals surface area contributed by atoms with Crippen molar-refractivity contribution >= 4 is 33.7 Å². The van der Waals surface area contributed by atoms with Crippen molar-refractivity contribution in [3.05, 3.63) is 27.7 Å². The summed E-state index contributed by atoms with van der Waals surface area (Å²) in [6.07, 6.45) is 3.74. The summed E-state index contributed by atoms with van der Waals surface area (Å²) >= 11 is 2.99. The Kier molecular flexibility index (Phi) is 5.65. The van der Waals surface area contributed by atoms with Gasteiger partial charge in [0, 0.05) is 30.2 Å². The van der Waals surface area contributed by atoms with Crippen molar-refractivity contribution in [1.82, 2.24) is 20.3 Å². The molecule has 0 aromatic carbocycles. The van der Waals surface area contributed by atoms with E-state index in [1.807, 2.05) is 16.8 Å². The van der Waals surface area contributed by atoms with Gasteiger partial charge in [-0.1, -0.05) is 29.8 Å². The first-order chi connectivity index (χ1) is 11.7. The van der Waals surface area contributed by atoms with Crippen molar-refractivity contribution in [3.8, 4) is 11.4 Å². The zero-order chi connectivity index (χ0) is 16.8. The molecule has 0 radical (unpaired) electrons. The monoisotopic (exact) mass is 363 g/mol. The molecular weight excluding hydrogens is 346 g/mol. The maximum absolute atomic E-state index is 12.0.